The molecule has 3 aromatic rings. The third-order valence-electron chi connectivity index (χ3n) is 7.02. The second-order valence-electron chi connectivity index (χ2n) is 11.0. The van der Waals surface area contributed by atoms with Crippen LogP contribution in [-0.2, 0) is 26.2 Å². The number of hydrogen-bond donors (Lipinski definition) is 2. The maximum atomic E-state index is 13.5. The van der Waals surface area contributed by atoms with E-state index in [1.165, 1.54) is 12.1 Å². The van der Waals surface area contributed by atoms with E-state index in [0.717, 1.165) is 26.9 Å². The zero-order valence-electron chi connectivity index (χ0n) is 25.4. The number of ether oxygens (including phenoxy) is 1. The highest BCUT2D eigenvalue weighted by atomic mass is 32.2. The lowest BCUT2D eigenvalue weighted by atomic mass is 10.1. The molecule has 0 radical (unpaired) electrons. The zero-order chi connectivity index (χ0) is 31.4. The molecule has 9 nitrogen and oxygen atoms in total. The van der Waals surface area contributed by atoms with Crippen LogP contribution in [0.5, 0.6) is 5.75 Å². The summed E-state index contributed by atoms with van der Waals surface area (Å²) >= 11 is 0. The number of aliphatic carboxylic acids is 1. The van der Waals surface area contributed by atoms with Crippen LogP contribution in [0.4, 0.5) is 5.69 Å². The molecule has 1 atom stereocenters. The Kier molecular flexibility index (Phi) is 12.6. The molecule has 0 bridgehead atoms. The molecule has 43 heavy (non-hydrogen) atoms. The topological polar surface area (TPSA) is 116 Å². The van der Waals surface area contributed by atoms with Gasteiger partial charge in [0.15, 0.2) is 0 Å². The average molecular weight is 610 g/mol. The van der Waals surface area contributed by atoms with Crippen LogP contribution in [-0.4, -0.2) is 62.5 Å². The van der Waals surface area contributed by atoms with Gasteiger partial charge in [-0.05, 0) is 74.1 Å². The number of nitrogens with one attached hydrogen (secondary N) is 1. The first kappa shape index (κ1) is 33.6. The summed E-state index contributed by atoms with van der Waals surface area (Å²) in [4.78, 5) is 27.3. The van der Waals surface area contributed by atoms with Gasteiger partial charge in [-0.25, -0.2) is 8.42 Å². The number of carbonyl (C=O) groups excluding carboxylic acids is 1. The maximum Gasteiger partial charge on any atom is 0.322 e. The number of unbranched alkanes of at least 4 members (excludes halogenated alkanes) is 1. The van der Waals surface area contributed by atoms with Gasteiger partial charge in [-0.3, -0.25) is 9.59 Å². The van der Waals surface area contributed by atoms with Crippen LogP contribution >= 0.6 is 0 Å². The number of carboxylic acid groups (broad SMARTS) is 1. The number of sulfonamides is 1. The lowest BCUT2D eigenvalue weighted by molar-refractivity contribution is -0.142. The van der Waals surface area contributed by atoms with Crippen LogP contribution < -0.4 is 15.0 Å². The quantitative estimate of drug-likeness (QED) is 0.205. The molecule has 0 heterocycles. The summed E-state index contributed by atoms with van der Waals surface area (Å²) < 4.78 is 33.3. The Hall–Kier alpha value is -3.89. The average Bonchev–Trinajstić information content (AvgIpc) is 2.98. The summed E-state index contributed by atoms with van der Waals surface area (Å²) in [5.41, 5.74) is 2.86. The molecule has 0 saturated heterocycles. The number of anilines is 1. The minimum atomic E-state index is -4.01. The number of amides is 1. The summed E-state index contributed by atoms with van der Waals surface area (Å²) in [6.07, 6.45) is 1.08. The molecule has 2 N–H and O–H groups in total. The molecular weight excluding hydrogens is 566 g/mol. The normalized spacial score (nSPS) is 12.2. The molecule has 0 spiro atoms. The number of carbonyl (C=O) groups is 2. The first-order chi connectivity index (χ1) is 20.5. The van der Waals surface area contributed by atoms with Gasteiger partial charge < -0.3 is 20.1 Å². The Morgan fingerprint density at radius 1 is 0.930 bits per heavy atom. The molecule has 3 aromatic carbocycles. The summed E-state index contributed by atoms with van der Waals surface area (Å²) in [5.74, 6) is -0.641. The highest BCUT2D eigenvalue weighted by Crippen LogP contribution is 2.23. The van der Waals surface area contributed by atoms with Crippen molar-refractivity contribution in [2.75, 3.05) is 31.6 Å². The van der Waals surface area contributed by atoms with Crippen molar-refractivity contribution in [2.24, 2.45) is 5.92 Å². The van der Waals surface area contributed by atoms with Gasteiger partial charge in [0.05, 0.1) is 18.6 Å². The number of rotatable bonds is 17. The monoisotopic (exact) mass is 609 g/mol. The standard InChI is InChI=1S/C33H43N3O6S/c1-25(2)22-36(43(40,41)30-19-13-26(3)14-20-30)31(33(38)39)12-8-9-21-34-32(37)24-35(28-10-6-5-7-11-28)23-27-15-17-29(42-4)18-16-27/h5-7,10-11,13-20,25,31H,8-9,12,21-24H2,1-4H3,(H,34,37)(H,38,39)/t31-/m0/s1. The van der Waals surface area contributed by atoms with Crippen LogP contribution in [0.3, 0.4) is 0 Å². The Morgan fingerprint density at radius 3 is 2.16 bits per heavy atom. The lowest BCUT2D eigenvalue weighted by Gasteiger charge is -2.29. The number of carboxylic acids is 1. The van der Waals surface area contributed by atoms with Crippen molar-refractivity contribution in [1.29, 1.82) is 0 Å². The van der Waals surface area contributed by atoms with Crippen LogP contribution in [0.2, 0.25) is 0 Å². The molecular formula is C33H43N3O6S. The van der Waals surface area contributed by atoms with Gasteiger partial charge in [-0.1, -0.05) is 61.9 Å². The van der Waals surface area contributed by atoms with E-state index < -0.39 is 22.0 Å². The van der Waals surface area contributed by atoms with E-state index in [-0.39, 0.29) is 36.2 Å². The van der Waals surface area contributed by atoms with Crippen LogP contribution in [0, 0.1) is 12.8 Å². The molecule has 0 aliphatic rings. The van der Waals surface area contributed by atoms with Crippen molar-refractivity contribution in [2.45, 2.75) is 57.5 Å². The SMILES string of the molecule is COc1ccc(CN(CC(=O)NCCCC[C@@H](C(=O)O)N(CC(C)C)S(=O)(=O)c2ccc(C)cc2)c2ccccc2)cc1. The smallest absolute Gasteiger partial charge is 0.322 e. The van der Waals surface area contributed by atoms with Gasteiger partial charge in [0.25, 0.3) is 0 Å². The third-order valence-corrected chi connectivity index (χ3v) is 8.91. The van der Waals surface area contributed by atoms with E-state index in [1.54, 1.807) is 19.2 Å². The predicted molar refractivity (Wildman–Crippen MR) is 169 cm³/mol. The van der Waals surface area contributed by atoms with E-state index in [1.807, 2.05) is 80.3 Å². The van der Waals surface area contributed by atoms with E-state index in [0.29, 0.717) is 25.9 Å². The van der Waals surface area contributed by atoms with Gasteiger partial charge >= 0.3 is 5.97 Å². The van der Waals surface area contributed by atoms with E-state index >= 15 is 0 Å². The Bertz CT molecular complexity index is 1410. The molecule has 3 rings (SSSR count). The number of nitrogens with zero attached hydrogens (tertiary/aromatic N) is 2. The van der Waals surface area contributed by atoms with Gasteiger partial charge in [-0.15, -0.1) is 0 Å². The molecule has 10 heteroatoms. The first-order valence-corrected chi connectivity index (χ1v) is 16.0. The second kappa shape index (κ2) is 16.1. The fraction of sp³-hybridized carbons (Fsp3) is 0.394. The second-order valence-corrected chi connectivity index (χ2v) is 12.9. The van der Waals surface area contributed by atoms with Crippen molar-refractivity contribution in [3.63, 3.8) is 0 Å². The van der Waals surface area contributed by atoms with Gasteiger partial charge in [0.2, 0.25) is 15.9 Å². The van der Waals surface area contributed by atoms with Crippen LogP contribution in [0.25, 0.3) is 0 Å². The molecule has 0 saturated carbocycles. The highest BCUT2D eigenvalue weighted by Gasteiger charge is 2.36. The van der Waals surface area contributed by atoms with Gasteiger partial charge in [0.1, 0.15) is 11.8 Å². The number of para-hydroxylation sites is 1. The molecule has 0 fully saturated rings. The number of benzene rings is 3. The largest absolute Gasteiger partial charge is 0.497 e. The van der Waals surface area contributed by atoms with E-state index in [2.05, 4.69) is 5.32 Å². The van der Waals surface area contributed by atoms with Crippen molar-refractivity contribution in [1.82, 2.24) is 9.62 Å². The van der Waals surface area contributed by atoms with Crippen molar-refractivity contribution in [3.8, 4) is 5.75 Å². The Balaban J connectivity index is 1.59. The summed E-state index contributed by atoms with van der Waals surface area (Å²) in [6, 6.07) is 22.6. The fourth-order valence-electron chi connectivity index (χ4n) is 4.74. The zero-order valence-corrected chi connectivity index (χ0v) is 26.2. The van der Waals surface area contributed by atoms with Crippen LogP contribution in [0.15, 0.2) is 83.8 Å². The third kappa shape index (κ3) is 10.1. The van der Waals surface area contributed by atoms with Crippen molar-refractivity contribution in [3.05, 3.63) is 90.0 Å². The molecule has 0 aliphatic heterocycles. The first-order valence-electron chi connectivity index (χ1n) is 14.5. The fourth-order valence-corrected chi connectivity index (χ4v) is 6.51. The van der Waals surface area contributed by atoms with E-state index in [4.69, 9.17) is 4.74 Å². The number of aryl methyl sites for hydroxylation is 1. The minimum absolute atomic E-state index is 0.0631. The predicted octanol–water partition coefficient (Wildman–Crippen LogP) is 5.10. The van der Waals surface area contributed by atoms with Crippen molar-refractivity contribution < 1.29 is 27.9 Å². The van der Waals surface area contributed by atoms with Crippen molar-refractivity contribution >= 4 is 27.6 Å². The highest BCUT2D eigenvalue weighted by molar-refractivity contribution is 7.89. The minimum Gasteiger partial charge on any atom is -0.497 e. The Morgan fingerprint density at radius 2 is 1.58 bits per heavy atom. The lowest BCUT2D eigenvalue weighted by Crippen LogP contribution is -2.46. The number of methoxy groups -OCH3 is 1. The molecule has 232 valence electrons. The molecule has 0 unspecified atom stereocenters. The molecule has 0 aliphatic carbocycles. The van der Waals surface area contributed by atoms with Crippen LogP contribution in [0.1, 0.15) is 44.2 Å². The summed E-state index contributed by atoms with van der Waals surface area (Å²) in [5, 5.41) is 13.0. The molecule has 0 aromatic heterocycles. The maximum absolute atomic E-state index is 13.5. The summed E-state index contributed by atoms with van der Waals surface area (Å²) in [6.45, 7) is 6.70. The van der Waals surface area contributed by atoms with E-state index in [9.17, 15) is 23.1 Å². The molecule has 1 amide bonds. The number of hydrogen-bond acceptors (Lipinski definition) is 6. The van der Waals surface area contributed by atoms with Gasteiger partial charge in [-0.2, -0.15) is 4.31 Å². The Labute approximate surface area is 255 Å². The van der Waals surface area contributed by atoms with Gasteiger partial charge in [0, 0.05) is 25.3 Å². The summed E-state index contributed by atoms with van der Waals surface area (Å²) in [7, 11) is -2.40.